The molecular weight excluding hydrogens is 320 g/mol. The van der Waals surface area contributed by atoms with Gasteiger partial charge in [-0.2, -0.15) is 0 Å². The Morgan fingerprint density at radius 1 is 1.00 bits per heavy atom. The van der Waals surface area contributed by atoms with Gasteiger partial charge in [-0.15, -0.1) is 0 Å². The Kier molecular flexibility index (Phi) is 5.14. The van der Waals surface area contributed by atoms with Crippen LogP contribution in [-0.4, -0.2) is 25.2 Å². The topological polar surface area (TPSA) is 65.7 Å². The molecule has 0 aliphatic heterocycles. The molecule has 0 saturated heterocycles. The molecule has 5 heteroatoms. The van der Waals surface area contributed by atoms with Gasteiger partial charge in [-0.1, -0.05) is 30.3 Å². The summed E-state index contributed by atoms with van der Waals surface area (Å²) in [6.07, 6.45) is 1.68. The quantitative estimate of drug-likeness (QED) is 0.507. The van der Waals surface area contributed by atoms with Crippen LogP contribution in [0.4, 0.5) is 0 Å². The summed E-state index contributed by atoms with van der Waals surface area (Å²) in [6, 6.07) is 14.5. The average molecular weight is 338 g/mol. The lowest BCUT2D eigenvalue weighted by molar-refractivity contribution is -0.143. The van der Waals surface area contributed by atoms with Crippen molar-refractivity contribution in [3.05, 3.63) is 71.5 Å². The zero-order valence-corrected chi connectivity index (χ0v) is 13.9. The van der Waals surface area contributed by atoms with Gasteiger partial charge < -0.3 is 13.9 Å². The highest BCUT2D eigenvalue weighted by molar-refractivity contribution is 5.89. The molecule has 3 rings (SSSR count). The van der Waals surface area contributed by atoms with Crippen LogP contribution in [-0.2, 0) is 20.7 Å². The van der Waals surface area contributed by atoms with E-state index in [9.17, 15) is 9.59 Å². The highest BCUT2D eigenvalue weighted by Crippen LogP contribution is 2.22. The van der Waals surface area contributed by atoms with Crippen LogP contribution in [0.25, 0.3) is 11.0 Å². The summed E-state index contributed by atoms with van der Waals surface area (Å²) in [7, 11) is 0. The Morgan fingerprint density at radius 3 is 2.56 bits per heavy atom. The largest absolute Gasteiger partial charge is 0.464 e. The van der Waals surface area contributed by atoms with Crippen LogP contribution in [0, 0.1) is 6.92 Å². The molecule has 0 radical (unpaired) electrons. The van der Waals surface area contributed by atoms with Gasteiger partial charge in [0.1, 0.15) is 18.8 Å². The first-order chi connectivity index (χ1) is 12.1. The van der Waals surface area contributed by atoms with E-state index in [4.69, 9.17) is 13.9 Å². The van der Waals surface area contributed by atoms with Crippen LogP contribution in [0.5, 0.6) is 0 Å². The number of aryl methyl sites for hydroxylation is 1. The molecule has 1 aromatic heterocycles. The lowest BCUT2D eigenvalue weighted by Gasteiger charge is -2.06. The highest BCUT2D eigenvalue weighted by atomic mass is 16.6. The number of hydrogen-bond acceptors (Lipinski definition) is 5. The van der Waals surface area contributed by atoms with Crippen molar-refractivity contribution in [2.24, 2.45) is 0 Å². The number of carbonyl (C=O) groups is 2. The van der Waals surface area contributed by atoms with E-state index in [-0.39, 0.29) is 25.6 Å². The molecule has 2 aromatic carbocycles. The molecule has 3 aromatic rings. The number of ether oxygens (including phenoxy) is 2. The van der Waals surface area contributed by atoms with E-state index in [1.165, 1.54) is 0 Å². The van der Waals surface area contributed by atoms with Gasteiger partial charge in [0.2, 0.25) is 0 Å². The number of benzene rings is 2. The fourth-order valence-electron chi connectivity index (χ4n) is 2.48. The van der Waals surface area contributed by atoms with Gasteiger partial charge >= 0.3 is 11.9 Å². The lowest BCUT2D eigenvalue weighted by Crippen LogP contribution is -2.15. The first kappa shape index (κ1) is 16.8. The van der Waals surface area contributed by atoms with E-state index in [0.29, 0.717) is 5.56 Å². The Hall–Kier alpha value is -3.08. The SMILES string of the molecule is Cc1ccc2c(CC(=O)OCCOC(=O)c3ccccc3)coc2c1. The number of furan rings is 1. The van der Waals surface area contributed by atoms with E-state index in [2.05, 4.69) is 0 Å². The molecule has 0 atom stereocenters. The fourth-order valence-corrected chi connectivity index (χ4v) is 2.48. The minimum Gasteiger partial charge on any atom is -0.464 e. The molecule has 0 spiro atoms. The molecule has 25 heavy (non-hydrogen) atoms. The Labute approximate surface area is 145 Å². The van der Waals surface area contributed by atoms with Crippen LogP contribution in [0.3, 0.4) is 0 Å². The maximum Gasteiger partial charge on any atom is 0.338 e. The summed E-state index contributed by atoms with van der Waals surface area (Å²) < 4.78 is 15.6. The van der Waals surface area contributed by atoms with Crippen molar-refractivity contribution in [2.75, 3.05) is 13.2 Å². The minimum absolute atomic E-state index is 0.0186. The smallest absolute Gasteiger partial charge is 0.338 e. The second kappa shape index (κ2) is 7.66. The van der Waals surface area contributed by atoms with Crippen molar-refractivity contribution < 1.29 is 23.5 Å². The molecule has 128 valence electrons. The second-order valence-electron chi connectivity index (χ2n) is 5.66. The molecule has 0 aliphatic carbocycles. The van der Waals surface area contributed by atoms with Gasteiger partial charge in [-0.25, -0.2) is 4.79 Å². The number of rotatable bonds is 6. The summed E-state index contributed by atoms with van der Waals surface area (Å²) in [6.45, 7) is 2.02. The van der Waals surface area contributed by atoms with Gasteiger partial charge in [-0.3, -0.25) is 4.79 Å². The van der Waals surface area contributed by atoms with E-state index >= 15 is 0 Å². The summed E-state index contributed by atoms with van der Waals surface area (Å²) in [5.74, 6) is -0.827. The molecule has 0 N–H and O–H groups in total. The monoisotopic (exact) mass is 338 g/mol. The maximum atomic E-state index is 11.9. The first-order valence-electron chi connectivity index (χ1n) is 7.98. The Bertz CT molecular complexity index is 879. The van der Waals surface area contributed by atoms with Gasteiger partial charge in [0.05, 0.1) is 18.2 Å². The molecular formula is C20H18O5. The molecule has 5 nitrogen and oxygen atoms in total. The van der Waals surface area contributed by atoms with Crippen molar-refractivity contribution in [1.82, 2.24) is 0 Å². The molecule has 0 bridgehead atoms. The Morgan fingerprint density at radius 2 is 1.76 bits per heavy atom. The summed E-state index contributed by atoms with van der Waals surface area (Å²) in [5.41, 5.74) is 3.09. The highest BCUT2D eigenvalue weighted by Gasteiger charge is 2.12. The molecule has 0 unspecified atom stereocenters. The maximum absolute atomic E-state index is 11.9. The zero-order valence-electron chi connectivity index (χ0n) is 13.9. The predicted molar refractivity (Wildman–Crippen MR) is 92.3 cm³/mol. The average Bonchev–Trinajstić information content (AvgIpc) is 3.01. The van der Waals surface area contributed by atoms with Gasteiger partial charge in [0, 0.05) is 10.9 Å². The third-order valence-electron chi connectivity index (χ3n) is 3.74. The standard InChI is InChI=1S/C20H18O5/c1-14-7-8-17-16(13-25-18(17)11-14)12-19(21)23-9-10-24-20(22)15-5-3-2-4-6-15/h2-8,11,13H,9-10,12H2,1H3. The van der Waals surface area contributed by atoms with Crippen molar-refractivity contribution >= 4 is 22.9 Å². The second-order valence-corrected chi connectivity index (χ2v) is 5.66. The van der Waals surface area contributed by atoms with E-state index in [1.54, 1.807) is 30.5 Å². The zero-order chi connectivity index (χ0) is 17.6. The number of esters is 2. The summed E-state index contributed by atoms with van der Waals surface area (Å²) in [4.78, 5) is 23.7. The third-order valence-corrected chi connectivity index (χ3v) is 3.74. The van der Waals surface area contributed by atoms with Crippen LogP contribution >= 0.6 is 0 Å². The molecule has 1 heterocycles. The molecule has 0 aliphatic rings. The first-order valence-corrected chi connectivity index (χ1v) is 7.98. The normalized spacial score (nSPS) is 10.6. The summed E-state index contributed by atoms with van der Waals surface area (Å²) in [5, 5.41) is 0.901. The Balaban J connectivity index is 1.46. The fraction of sp³-hybridized carbons (Fsp3) is 0.200. The van der Waals surface area contributed by atoms with E-state index in [1.807, 2.05) is 31.2 Å². The van der Waals surface area contributed by atoms with Crippen LogP contribution in [0.2, 0.25) is 0 Å². The third kappa shape index (κ3) is 4.26. The van der Waals surface area contributed by atoms with Crippen molar-refractivity contribution in [3.8, 4) is 0 Å². The van der Waals surface area contributed by atoms with Gasteiger partial charge in [0.15, 0.2) is 0 Å². The van der Waals surface area contributed by atoms with Crippen molar-refractivity contribution in [2.45, 2.75) is 13.3 Å². The lowest BCUT2D eigenvalue weighted by atomic mass is 10.1. The molecule has 0 amide bonds. The van der Waals surface area contributed by atoms with E-state index < -0.39 is 5.97 Å². The number of hydrogen-bond donors (Lipinski definition) is 0. The predicted octanol–water partition coefficient (Wildman–Crippen LogP) is 3.68. The number of fused-ring (bicyclic) bond motifs is 1. The van der Waals surface area contributed by atoms with Crippen molar-refractivity contribution in [1.29, 1.82) is 0 Å². The van der Waals surface area contributed by atoms with Crippen LogP contribution in [0.15, 0.2) is 59.2 Å². The summed E-state index contributed by atoms with van der Waals surface area (Å²) >= 11 is 0. The van der Waals surface area contributed by atoms with Gasteiger partial charge in [-0.05, 0) is 30.7 Å². The van der Waals surface area contributed by atoms with Crippen LogP contribution < -0.4 is 0 Å². The minimum atomic E-state index is -0.437. The number of carbonyl (C=O) groups excluding carboxylic acids is 2. The van der Waals surface area contributed by atoms with Gasteiger partial charge in [0.25, 0.3) is 0 Å². The van der Waals surface area contributed by atoms with E-state index in [0.717, 1.165) is 22.1 Å². The van der Waals surface area contributed by atoms with Crippen LogP contribution in [0.1, 0.15) is 21.5 Å². The van der Waals surface area contributed by atoms with Crippen molar-refractivity contribution in [3.63, 3.8) is 0 Å². The molecule has 0 fully saturated rings. The molecule has 0 saturated carbocycles.